The van der Waals surface area contributed by atoms with E-state index in [0.29, 0.717) is 10.9 Å². The number of fused-ring (bicyclic) bond motifs is 4. The first-order valence-corrected chi connectivity index (χ1v) is 8.79. The maximum absolute atomic E-state index is 13.2. The van der Waals surface area contributed by atoms with Crippen LogP contribution in [0, 0.1) is 0 Å². The molecule has 0 aliphatic heterocycles. The Bertz CT molecular complexity index is 1000. The van der Waals surface area contributed by atoms with Gasteiger partial charge in [0.15, 0.2) is 5.16 Å². The van der Waals surface area contributed by atoms with Gasteiger partial charge in [-0.2, -0.15) is 0 Å². The number of rotatable bonds is 1. The van der Waals surface area contributed by atoms with Gasteiger partial charge < -0.3 is 0 Å². The zero-order chi connectivity index (χ0) is 16.4. The lowest BCUT2D eigenvalue weighted by Gasteiger charge is -2.32. The van der Waals surface area contributed by atoms with E-state index < -0.39 is 0 Å². The number of aryl methyl sites for hydroxylation is 1. The van der Waals surface area contributed by atoms with Crippen LogP contribution >= 0.6 is 11.8 Å². The summed E-state index contributed by atoms with van der Waals surface area (Å²) in [6, 6.07) is 8.22. The van der Waals surface area contributed by atoms with Crippen molar-refractivity contribution in [3.05, 3.63) is 45.7 Å². The van der Waals surface area contributed by atoms with Crippen molar-refractivity contribution in [1.82, 2.24) is 19.2 Å². The summed E-state index contributed by atoms with van der Waals surface area (Å²) in [5, 5.41) is 5.10. The minimum Gasteiger partial charge on any atom is -0.268 e. The van der Waals surface area contributed by atoms with Crippen LogP contribution < -0.4 is 5.56 Å². The van der Waals surface area contributed by atoms with E-state index in [0.717, 1.165) is 23.2 Å². The summed E-state index contributed by atoms with van der Waals surface area (Å²) in [6.45, 7) is 4.23. The van der Waals surface area contributed by atoms with Crippen molar-refractivity contribution < 1.29 is 0 Å². The number of hydrogen-bond acceptors (Lipinski definition) is 4. The Labute approximate surface area is 138 Å². The minimum atomic E-state index is -0.250. The van der Waals surface area contributed by atoms with Crippen LogP contribution in [0.5, 0.6) is 0 Å². The van der Waals surface area contributed by atoms with Gasteiger partial charge in [-0.25, -0.2) is 14.1 Å². The maximum atomic E-state index is 13.2. The Hall–Kier alpha value is -2.08. The fourth-order valence-corrected chi connectivity index (χ4v) is 4.08. The molecule has 2 heterocycles. The van der Waals surface area contributed by atoms with Crippen LogP contribution in [0.2, 0.25) is 0 Å². The Morgan fingerprint density at radius 1 is 1.26 bits per heavy atom. The van der Waals surface area contributed by atoms with Gasteiger partial charge in [0.25, 0.3) is 5.56 Å². The first kappa shape index (κ1) is 14.5. The topological polar surface area (TPSA) is 52.2 Å². The second kappa shape index (κ2) is 4.71. The van der Waals surface area contributed by atoms with Gasteiger partial charge in [0.2, 0.25) is 5.78 Å². The Balaban J connectivity index is 2.20. The van der Waals surface area contributed by atoms with Crippen LogP contribution in [0.3, 0.4) is 0 Å². The lowest BCUT2D eigenvalue weighted by molar-refractivity contribution is 0.505. The molecule has 6 heteroatoms. The van der Waals surface area contributed by atoms with Crippen LogP contribution in [0.4, 0.5) is 0 Å². The van der Waals surface area contributed by atoms with Crippen molar-refractivity contribution in [3.8, 4) is 11.3 Å². The molecule has 2 aromatic heterocycles. The van der Waals surface area contributed by atoms with Gasteiger partial charge in [-0.05, 0) is 18.2 Å². The molecule has 0 radical (unpaired) electrons. The number of hydrogen-bond donors (Lipinski definition) is 0. The van der Waals surface area contributed by atoms with Crippen LogP contribution in [0.25, 0.3) is 17.0 Å². The van der Waals surface area contributed by atoms with Gasteiger partial charge >= 0.3 is 0 Å². The molecule has 3 aromatic rings. The fourth-order valence-electron chi connectivity index (χ4n) is 3.52. The molecule has 0 saturated heterocycles. The van der Waals surface area contributed by atoms with Crippen LogP contribution in [0.1, 0.15) is 25.0 Å². The molecule has 0 saturated carbocycles. The zero-order valence-corrected chi connectivity index (χ0v) is 14.4. The van der Waals surface area contributed by atoms with E-state index in [1.165, 1.54) is 17.3 Å². The third kappa shape index (κ3) is 1.91. The van der Waals surface area contributed by atoms with Crippen molar-refractivity contribution in [2.45, 2.75) is 30.8 Å². The molecule has 0 spiro atoms. The van der Waals surface area contributed by atoms with Gasteiger partial charge in [0.1, 0.15) is 0 Å². The van der Waals surface area contributed by atoms with Crippen molar-refractivity contribution >= 4 is 17.5 Å². The van der Waals surface area contributed by atoms with Crippen molar-refractivity contribution in [2.75, 3.05) is 6.26 Å². The number of thioether (sulfide) groups is 1. The van der Waals surface area contributed by atoms with Gasteiger partial charge in [-0.1, -0.05) is 49.9 Å². The second-order valence-corrected chi connectivity index (χ2v) is 7.38. The summed E-state index contributed by atoms with van der Waals surface area (Å²) in [5.74, 6) is 0.589. The highest BCUT2D eigenvalue weighted by Crippen LogP contribution is 2.40. The van der Waals surface area contributed by atoms with Crippen LogP contribution in [-0.4, -0.2) is 25.4 Å². The molecular weight excluding hydrogens is 308 g/mol. The van der Waals surface area contributed by atoms with Gasteiger partial charge in [-0.15, -0.1) is 5.10 Å². The summed E-state index contributed by atoms with van der Waals surface area (Å²) in [5.41, 5.74) is 3.65. The monoisotopic (exact) mass is 326 g/mol. The first-order chi connectivity index (χ1) is 10.9. The van der Waals surface area contributed by atoms with E-state index in [1.54, 1.807) is 9.08 Å². The molecule has 23 heavy (non-hydrogen) atoms. The SMILES string of the molecule is CSc1nn(C)c2nc3c(c(=O)n12)C(C)(C)Cc1ccccc1-3. The van der Waals surface area contributed by atoms with Crippen LogP contribution in [0.15, 0.2) is 34.2 Å². The van der Waals surface area contributed by atoms with Crippen molar-refractivity contribution in [3.63, 3.8) is 0 Å². The predicted molar refractivity (Wildman–Crippen MR) is 92.2 cm³/mol. The van der Waals surface area contributed by atoms with Gasteiger partial charge in [0.05, 0.1) is 11.3 Å². The Morgan fingerprint density at radius 3 is 2.74 bits per heavy atom. The van der Waals surface area contributed by atoms with Gasteiger partial charge in [0, 0.05) is 18.0 Å². The summed E-state index contributed by atoms with van der Waals surface area (Å²) < 4.78 is 3.32. The molecule has 0 unspecified atom stereocenters. The molecule has 1 aliphatic rings. The smallest absolute Gasteiger partial charge is 0.265 e. The van der Waals surface area contributed by atoms with E-state index in [9.17, 15) is 4.79 Å². The average molecular weight is 326 g/mol. The molecule has 0 bridgehead atoms. The average Bonchev–Trinajstić information content (AvgIpc) is 2.83. The minimum absolute atomic E-state index is 0.00181. The zero-order valence-electron chi connectivity index (χ0n) is 13.6. The van der Waals surface area contributed by atoms with Crippen molar-refractivity contribution in [2.24, 2.45) is 7.05 Å². The number of nitrogens with zero attached hydrogens (tertiary/aromatic N) is 4. The third-order valence-corrected chi connectivity index (χ3v) is 5.18. The predicted octanol–water partition coefficient (Wildman–Crippen LogP) is 2.65. The number of aromatic nitrogens is 4. The molecule has 0 N–H and O–H groups in total. The summed E-state index contributed by atoms with van der Waals surface area (Å²) in [7, 11) is 1.83. The lowest BCUT2D eigenvalue weighted by Crippen LogP contribution is -2.36. The van der Waals surface area contributed by atoms with Gasteiger partial charge in [-0.3, -0.25) is 4.79 Å². The molecule has 0 fully saturated rings. The van der Waals surface area contributed by atoms with E-state index in [1.807, 2.05) is 25.4 Å². The highest BCUT2D eigenvalue weighted by Gasteiger charge is 2.36. The molecule has 4 rings (SSSR count). The molecule has 5 nitrogen and oxygen atoms in total. The first-order valence-electron chi connectivity index (χ1n) is 7.56. The largest absolute Gasteiger partial charge is 0.268 e. The molecule has 1 aliphatic carbocycles. The van der Waals surface area contributed by atoms with Crippen LogP contribution in [-0.2, 0) is 18.9 Å². The van der Waals surface area contributed by atoms with E-state index in [-0.39, 0.29) is 11.0 Å². The molecule has 118 valence electrons. The third-order valence-electron chi connectivity index (χ3n) is 4.55. The standard InChI is InChI=1S/C17H18N4OS/c1-17(2)9-10-7-5-6-8-11(10)13-12(17)14(22)21-15(18-13)20(3)19-16(21)23-4/h5-8H,9H2,1-4H3. The van der Waals surface area contributed by atoms with E-state index in [4.69, 9.17) is 4.98 Å². The Morgan fingerprint density at radius 2 is 2.00 bits per heavy atom. The number of benzene rings is 1. The summed E-state index contributed by atoms with van der Waals surface area (Å²) >= 11 is 1.46. The molecule has 0 atom stereocenters. The lowest BCUT2D eigenvalue weighted by atomic mass is 9.72. The second-order valence-electron chi connectivity index (χ2n) is 6.60. The quantitative estimate of drug-likeness (QED) is 0.645. The highest BCUT2D eigenvalue weighted by atomic mass is 32.2. The summed E-state index contributed by atoms with van der Waals surface area (Å²) in [4.78, 5) is 18.1. The van der Waals surface area contributed by atoms with E-state index >= 15 is 0 Å². The normalized spacial score (nSPS) is 15.5. The molecule has 0 amide bonds. The molecule has 1 aromatic carbocycles. The maximum Gasteiger partial charge on any atom is 0.265 e. The van der Waals surface area contributed by atoms with E-state index in [2.05, 4.69) is 31.1 Å². The molecular formula is C17H18N4OS. The fraction of sp³-hybridized carbons (Fsp3) is 0.353. The highest BCUT2D eigenvalue weighted by molar-refractivity contribution is 7.98. The Kier molecular flexibility index (Phi) is 2.97. The van der Waals surface area contributed by atoms with Crippen molar-refractivity contribution in [1.29, 1.82) is 0 Å². The summed E-state index contributed by atoms with van der Waals surface area (Å²) in [6.07, 6.45) is 2.77.